The first-order valence-corrected chi connectivity index (χ1v) is 8.24. The highest BCUT2D eigenvalue weighted by Crippen LogP contribution is 2.32. The molecular weight excluding hydrogens is 294 g/mol. The third-order valence-corrected chi connectivity index (χ3v) is 4.13. The first-order valence-electron chi connectivity index (χ1n) is 8.24. The number of nitrogens with one attached hydrogen (secondary N) is 1. The topological polar surface area (TPSA) is 60.0 Å². The summed E-state index contributed by atoms with van der Waals surface area (Å²) >= 11 is 0. The quantitative estimate of drug-likeness (QED) is 0.807. The summed E-state index contributed by atoms with van der Waals surface area (Å²) in [6, 6.07) is 5.90. The highest BCUT2D eigenvalue weighted by Gasteiger charge is 2.38. The normalized spacial score (nSPS) is 23.5. The molecule has 0 unspecified atom stereocenters. The molecule has 1 atom stereocenters. The summed E-state index contributed by atoms with van der Waals surface area (Å²) in [7, 11) is 1.64. The standard InChI is InChI=1S/C18H29NO4/c1-5-22-16-10-14(6-7-15(16)21-4)11-19-13-18(20)8-9-23-17(2,3)12-18/h6-7,10,19-20H,5,8-9,11-13H2,1-4H3/t18-/m0/s1. The monoisotopic (exact) mass is 323 g/mol. The van der Waals surface area contributed by atoms with Crippen molar-refractivity contribution in [3.8, 4) is 11.5 Å². The maximum absolute atomic E-state index is 10.7. The Morgan fingerprint density at radius 2 is 2.09 bits per heavy atom. The number of hydrogen-bond donors (Lipinski definition) is 2. The van der Waals surface area contributed by atoms with Gasteiger partial charge in [0.25, 0.3) is 0 Å². The van der Waals surface area contributed by atoms with Gasteiger partial charge in [-0.05, 0) is 38.5 Å². The van der Waals surface area contributed by atoms with Gasteiger partial charge in [0.1, 0.15) is 0 Å². The zero-order chi connectivity index (χ0) is 16.9. The lowest BCUT2D eigenvalue weighted by Gasteiger charge is -2.41. The third kappa shape index (κ3) is 5.09. The summed E-state index contributed by atoms with van der Waals surface area (Å²) in [5.74, 6) is 1.49. The molecule has 0 aliphatic carbocycles. The van der Waals surface area contributed by atoms with Crippen LogP contribution in [-0.2, 0) is 11.3 Å². The van der Waals surface area contributed by atoms with Gasteiger partial charge in [-0.15, -0.1) is 0 Å². The molecule has 0 radical (unpaired) electrons. The molecule has 1 saturated heterocycles. The second-order valence-electron chi connectivity index (χ2n) is 6.78. The summed E-state index contributed by atoms with van der Waals surface area (Å²) < 4.78 is 16.6. The number of rotatable bonds is 7. The Morgan fingerprint density at radius 1 is 1.30 bits per heavy atom. The molecule has 1 aliphatic rings. The number of methoxy groups -OCH3 is 1. The van der Waals surface area contributed by atoms with Crippen LogP contribution >= 0.6 is 0 Å². The van der Waals surface area contributed by atoms with Crippen LogP contribution in [0.4, 0.5) is 0 Å². The molecular formula is C18H29NO4. The molecule has 0 spiro atoms. The Morgan fingerprint density at radius 3 is 2.74 bits per heavy atom. The third-order valence-electron chi connectivity index (χ3n) is 4.13. The van der Waals surface area contributed by atoms with Crippen molar-refractivity contribution in [1.82, 2.24) is 5.32 Å². The summed E-state index contributed by atoms with van der Waals surface area (Å²) in [4.78, 5) is 0. The second kappa shape index (κ2) is 7.51. The first kappa shape index (κ1) is 18.0. The molecule has 0 bridgehead atoms. The first-order chi connectivity index (χ1) is 10.9. The predicted octanol–water partition coefficient (Wildman–Crippen LogP) is 2.50. The maximum Gasteiger partial charge on any atom is 0.161 e. The molecule has 0 aromatic heterocycles. The van der Waals surface area contributed by atoms with Crippen molar-refractivity contribution in [2.45, 2.75) is 51.4 Å². The number of aliphatic hydroxyl groups is 1. The molecule has 5 nitrogen and oxygen atoms in total. The fourth-order valence-electron chi connectivity index (χ4n) is 3.14. The van der Waals surface area contributed by atoms with E-state index in [0.717, 1.165) is 17.1 Å². The Kier molecular flexibility index (Phi) is 5.89. The van der Waals surface area contributed by atoms with Crippen molar-refractivity contribution < 1.29 is 19.3 Å². The Labute approximate surface area is 138 Å². The minimum Gasteiger partial charge on any atom is -0.493 e. The lowest BCUT2D eigenvalue weighted by Crippen LogP contribution is -2.51. The smallest absolute Gasteiger partial charge is 0.161 e. The summed E-state index contributed by atoms with van der Waals surface area (Å²) in [5, 5.41) is 14.1. The molecule has 1 aromatic rings. The summed E-state index contributed by atoms with van der Waals surface area (Å²) in [6.07, 6.45) is 1.30. The van der Waals surface area contributed by atoms with Crippen LogP contribution in [0.25, 0.3) is 0 Å². The van der Waals surface area contributed by atoms with Gasteiger partial charge in [-0.1, -0.05) is 6.07 Å². The molecule has 130 valence electrons. The van der Waals surface area contributed by atoms with E-state index in [4.69, 9.17) is 14.2 Å². The Bertz CT molecular complexity index is 518. The van der Waals surface area contributed by atoms with Gasteiger partial charge >= 0.3 is 0 Å². The molecule has 2 N–H and O–H groups in total. The van der Waals surface area contributed by atoms with Gasteiger partial charge in [-0.25, -0.2) is 0 Å². The van der Waals surface area contributed by atoms with Gasteiger partial charge in [0.15, 0.2) is 11.5 Å². The van der Waals surface area contributed by atoms with Crippen molar-refractivity contribution in [1.29, 1.82) is 0 Å². The van der Waals surface area contributed by atoms with Crippen molar-refractivity contribution in [3.05, 3.63) is 23.8 Å². The lowest BCUT2D eigenvalue weighted by molar-refractivity contribution is -0.142. The van der Waals surface area contributed by atoms with E-state index in [1.54, 1.807) is 7.11 Å². The van der Waals surface area contributed by atoms with Gasteiger partial charge in [-0.2, -0.15) is 0 Å². The van der Waals surface area contributed by atoms with Crippen LogP contribution in [0.2, 0.25) is 0 Å². The van der Waals surface area contributed by atoms with E-state index in [9.17, 15) is 5.11 Å². The number of benzene rings is 1. The van der Waals surface area contributed by atoms with Crippen molar-refractivity contribution in [2.24, 2.45) is 0 Å². The van der Waals surface area contributed by atoms with Crippen molar-refractivity contribution in [3.63, 3.8) is 0 Å². The fourth-order valence-corrected chi connectivity index (χ4v) is 3.14. The van der Waals surface area contributed by atoms with Crippen LogP contribution in [0.3, 0.4) is 0 Å². The van der Waals surface area contributed by atoms with Crippen LogP contribution < -0.4 is 14.8 Å². The number of ether oxygens (including phenoxy) is 3. The van der Waals surface area contributed by atoms with Crippen LogP contribution in [-0.4, -0.2) is 43.2 Å². The molecule has 1 heterocycles. The van der Waals surface area contributed by atoms with E-state index < -0.39 is 5.60 Å². The van der Waals surface area contributed by atoms with Crippen LogP contribution in [0.5, 0.6) is 11.5 Å². The molecule has 1 aromatic carbocycles. The van der Waals surface area contributed by atoms with E-state index in [2.05, 4.69) is 5.32 Å². The number of hydrogen-bond acceptors (Lipinski definition) is 5. The van der Waals surface area contributed by atoms with E-state index in [1.165, 1.54) is 0 Å². The SMILES string of the molecule is CCOc1cc(CNC[C@]2(O)CCOC(C)(C)C2)ccc1OC. The fraction of sp³-hybridized carbons (Fsp3) is 0.667. The molecule has 1 fully saturated rings. The predicted molar refractivity (Wildman–Crippen MR) is 90.1 cm³/mol. The zero-order valence-electron chi connectivity index (χ0n) is 14.6. The summed E-state index contributed by atoms with van der Waals surface area (Å²) in [6.45, 7) is 8.42. The van der Waals surface area contributed by atoms with Gasteiger partial charge in [0.05, 0.1) is 31.5 Å². The summed E-state index contributed by atoms with van der Waals surface area (Å²) in [5.41, 5.74) is 0.123. The highest BCUT2D eigenvalue weighted by atomic mass is 16.5. The molecule has 23 heavy (non-hydrogen) atoms. The van der Waals surface area contributed by atoms with Crippen LogP contribution in [0, 0.1) is 0 Å². The van der Waals surface area contributed by atoms with Crippen LogP contribution in [0.15, 0.2) is 18.2 Å². The van der Waals surface area contributed by atoms with Crippen molar-refractivity contribution in [2.75, 3.05) is 26.9 Å². The second-order valence-corrected chi connectivity index (χ2v) is 6.78. The molecule has 0 saturated carbocycles. The lowest BCUT2D eigenvalue weighted by atomic mass is 9.84. The zero-order valence-corrected chi connectivity index (χ0v) is 14.6. The minimum absolute atomic E-state index is 0.267. The largest absolute Gasteiger partial charge is 0.493 e. The van der Waals surface area contributed by atoms with Gasteiger partial charge < -0.3 is 24.6 Å². The Hall–Kier alpha value is -1.30. The Balaban J connectivity index is 1.92. The van der Waals surface area contributed by atoms with Gasteiger partial charge in [-0.3, -0.25) is 0 Å². The maximum atomic E-state index is 10.7. The molecule has 5 heteroatoms. The van der Waals surface area contributed by atoms with Gasteiger partial charge in [0.2, 0.25) is 0 Å². The molecule has 2 rings (SSSR count). The molecule has 1 aliphatic heterocycles. The van der Waals surface area contributed by atoms with E-state index in [-0.39, 0.29) is 5.60 Å². The van der Waals surface area contributed by atoms with Crippen LogP contribution in [0.1, 0.15) is 39.2 Å². The minimum atomic E-state index is -0.711. The average molecular weight is 323 g/mol. The average Bonchev–Trinajstić information content (AvgIpc) is 2.46. The van der Waals surface area contributed by atoms with E-state index in [0.29, 0.717) is 39.1 Å². The van der Waals surface area contributed by atoms with E-state index in [1.807, 2.05) is 39.0 Å². The van der Waals surface area contributed by atoms with Crippen molar-refractivity contribution >= 4 is 0 Å². The molecule has 0 amide bonds. The van der Waals surface area contributed by atoms with Gasteiger partial charge in [0, 0.05) is 25.9 Å². The van der Waals surface area contributed by atoms with E-state index >= 15 is 0 Å². The highest BCUT2D eigenvalue weighted by molar-refractivity contribution is 5.42.